The zero-order valence-electron chi connectivity index (χ0n) is 10.5. The van der Waals surface area contributed by atoms with Gasteiger partial charge in [-0.2, -0.15) is 5.10 Å². The van der Waals surface area contributed by atoms with Crippen LogP contribution in [0.4, 0.5) is 5.69 Å². The van der Waals surface area contributed by atoms with Gasteiger partial charge >= 0.3 is 0 Å². The Labute approximate surface area is 131 Å². The summed E-state index contributed by atoms with van der Waals surface area (Å²) in [6.45, 7) is 3.21. The SMILES string of the molecule is Cc1n[nH]c(C)c1S(=O)(=O)Nc1cc(Cl)c(Cl)cc1Cl. The summed E-state index contributed by atoms with van der Waals surface area (Å²) in [6, 6.07) is 2.73. The highest BCUT2D eigenvalue weighted by atomic mass is 35.5. The molecule has 0 atom stereocenters. The molecular weight excluding hydrogens is 345 g/mol. The number of aryl methyl sites for hydroxylation is 2. The van der Waals surface area contributed by atoms with Crippen molar-refractivity contribution in [1.82, 2.24) is 10.2 Å². The quantitative estimate of drug-likeness (QED) is 0.824. The third-order valence-corrected chi connectivity index (χ3v) is 5.25. The van der Waals surface area contributed by atoms with Crippen LogP contribution in [0.2, 0.25) is 15.1 Å². The molecular formula is C11H10Cl3N3O2S. The van der Waals surface area contributed by atoms with E-state index in [-0.39, 0.29) is 25.7 Å². The molecule has 0 aliphatic rings. The first-order valence-electron chi connectivity index (χ1n) is 5.41. The van der Waals surface area contributed by atoms with Crippen molar-refractivity contribution in [3.05, 3.63) is 38.6 Å². The number of benzene rings is 1. The van der Waals surface area contributed by atoms with E-state index >= 15 is 0 Å². The summed E-state index contributed by atoms with van der Waals surface area (Å²) < 4.78 is 27.1. The topological polar surface area (TPSA) is 74.8 Å². The molecule has 0 unspecified atom stereocenters. The molecule has 1 heterocycles. The molecule has 0 saturated carbocycles. The number of nitrogens with one attached hydrogen (secondary N) is 2. The number of aromatic amines is 1. The molecule has 20 heavy (non-hydrogen) atoms. The molecule has 5 nitrogen and oxygen atoms in total. The number of anilines is 1. The Balaban J connectivity index is 2.47. The van der Waals surface area contributed by atoms with E-state index in [1.807, 2.05) is 0 Å². The molecule has 1 aromatic carbocycles. The Kier molecular flexibility index (Phi) is 4.20. The van der Waals surface area contributed by atoms with Crippen LogP contribution in [0, 0.1) is 13.8 Å². The van der Waals surface area contributed by atoms with E-state index in [1.165, 1.54) is 12.1 Å². The smallest absolute Gasteiger partial charge is 0.265 e. The Morgan fingerprint density at radius 1 is 1.10 bits per heavy atom. The van der Waals surface area contributed by atoms with Gasteiger partial charge in [0.1, 0.15) is 4.90 Å². The van der Waals surface area contributed by atoms with E-state index in [0.29, 0.717) is 11.4 Å². The van der Waals surface area contributed by atoms with Crippen molar-refractivity contribution < 1.29 is 8.42 Å². The van der Waals surface area contributed by atoms with Gasteiger partial charge in [-0.05, 0) is 26.0 Å². The zero-order valence-corrected chi connectivity index (χ0v) is 13.5. The van der Waals surface area contributed by atoms with Crippen molar-refractivity contribution in [1.29, 1.82) is 0 Å². The fraction of sp³-hybridized carbons (Fsp3) is 0.182. The first-order valence-corrected chi connectivity index (χ1v) is 8.03. The van der Waals surface area contributed by atoms with Crippen LogP contribution in [-0.4, -0.2) is 18.6 Å². The van der Waals surface area contributed by atoms with Gasteiger partial charge in [0, 0.05) is 0 Å². The number of halogens is 3. The molecule has 108 valence electrons. The summed E-state index contributed by atoms with van der Waals surface area (Å²) >= 11 is 17.6. The molecule has 0 saturated heterocycles. The minimum absolute atomic E-state index is 0.0830. The van der Waals surface area contributed by atoms with Crippen molar-refractivity contribution in [3.8, 4) is 0 Å². The van der Waals surface area contributed by atoms with Gasteiger partial charge in [0.15, 0.2) is 0 Å². The number of nitrogens with zero attached hydrogens (tertiary/aromatic N) is 1. The van der Waals surface area contributed by atoms with Crippen molar-refractivity contribution in [3.63, 3.8) is 0 Å². The van der Waals surface area contributed by atoms with E-state index in [4.69, 9.17) is 34.8 Å². The van der Waals surface area contributed by atoms with Crippen LogP contribution in [0.3, 0.4) is 0 Å². The van der Waals surface area contributed by atoms with Crippen LogP contribution in [0.1, 0.15) is 11.4 Å². The molecule has 9 heteroatoms. The lowest BCUT2D eigenvalue weighted by atomic mass is 10.3. The fourth-order valence-electron chi connectivity index (χ4n) is 1.73. The second-order valence-electron chi connectivity index (χ2n) is 4.11. The standard InChI is InChI=1S/C11H10Cl3N3O2S/c1-5-11(6(2)16-15-5)20(18,19)17-10-4-8(13)7(12)3-9(10)14/h3-4,17H,1-2H3,(H,15,16). The first-order chi connectivity index (χ1) is 9.22. The molecule has 2 rings (SSSR count). The summed E-state index contributed by atoms with van der Waals surface area (Å²) in [5, 5.41) is 7.07. The molecule has 0 amide bonds. The summed E-state index contributed by atoms with van der Waals surface area (Å²) in [6.07, 6.45) is 0. The maximum atomic E-state index is 12.3. The second-order valence-corrected chi connectivity index (χ2v) is 6.96. The van der Waals surface area contributed by atoms with Gasteiger partial charge in [-0.15, -0.1) is 0 Å². The van der Waals surface area contributed by atoms with Crippen molar-refractivity contribution >= 4 is 50.5 Å². The average Bonchev–Trinajstić information content (AvgIpc) is 2.66. The number of aromatic nitrogens is 2. The fourth-order valence-corrected chi connectivity index (χ4v) is 3.83. The molecule has 2 aromatic rings. The summed E-state index contributed by atoms with van der Waals surface area (Å²) in [5.41, 5.74) is 0.957. The van der Waals surface area contributed by atoms with Crippen LogP contribution in [0.15, 0.2) is 17.0 Å². The zero-order chi connectivity index (χ0) is 15.1. The second kappa shape index (κ2) is 5.44. The lowest BCUT2D eigenvalue weighted by Crippen LogP contribution is -2.15. The normalized spacial score (nSPS) is 11.7. The summed E-state index contributed by atoms with van der Waals surface area (Å²) in [5.74, 6) is 0. The minimum Gasteiger partial charge on any atom is -0.281 e. The Bertz CT molecular complexity index is 752. The summed E-state index contributed by atoms with van der Waals surface area (Å²) in [7, 11) is -3.81. The Morgan fingerprint density at radius 3 is 2.25 bits per heavy atom. The van der Waals surface area contributed by atoms with Gasteiger partial charge < -0.3 is 0 Å². The van der Waals surface area contributed by atoms with E-state index in [9.17, 15) is 8.42 Å². The maximum Gasteiger partial charge on any atom is 0.265 e. The van der Waals surface area contributed by atoms with Crippen molar-refractivity contribution in [2.45, 2.75) is 18.7 Å². The monoisotopic (exact) mass is 353 g/mol. The number of H-pyrrole nitrogens is 1. The van der Waals surface area contributed by atoms with Gasteiger partial charge in [-0.25, -0.2) is 8.42 Å². The third kappa shape index (κ3) is 2.88. The van der Waals surface area contributed by atoms with Crippen LogP contribution in [-0.2, 0) is 10.0 Å². The molecule has 0 fully saturated rings. The van der Waals surface area contributed by atoms with E-state index < -0.39 is 10.0 Å². The van der Waals surface area contributed by atoms with Crippen LogP contribution in [0.25, 0.3) is 0 Å². The molecule has 0 spiro atoms. The van der Waals surface area contributed by atoms with Gasteiger partial charge in [-0.3, -0.25) is 9.82 Å². The highest BCUT2D eigenvalue weighted by Gasteiger charge is 2.23. The van der Waals surface area contributed by atoms with Crippen molar-refractivity contribution in [2.75, 3.05) is 4.72 Å². The van der Waals surface area contributed by atoms with E-state index in [2.05, 4.69) is 14.9 Å². The molecule has 0 radical (unpaired) electrons. The molecule has 0 bridgehead atoms. The molecule has 0 aliphatic carbocycles. The highest BCUT2D eigenvalue weighted by Crippen LogP contribution is 2.33. The Morgan fingerprint density at radius 2 is 1.70 bits per heavy atom. The number of hydrogen-bond donors (Lipinski definition) is 2. The van der Waals surface area contributed by atoms with Gasteiger partial charge in [0.2, 0.25) is 0 Å². The molecule has 0 aliphatic heterocycles. The highest BCUT2D eigenvalue weighted by molar-refractivity contribution is 7.92. The molecule has 2 N–H and O–H groups in total. The predicted octanol–water partition coefficient (Wildman–Crippen LogP) is 3.79. The third-order valence-electron chi connectivity index (χ3n) is 2.58. The van der Waals surface area contributed by atoms with Gasteiger partial charge in [0.25, 0.3) is 10.0 Å². The predicted molar refractivity (Wildman–Crippen MR) is 80.3 cm³/mol. The van der Waals surface area contributed by atoms with Crippen LogP contribution in [0.5, 0.6) is 0 Å². The lowest BCUT2D eigenvalue weighted by molar-refractivity contribution is 0.600. The largest absolute Gasteiger partial charge is 0.281 e. The van der Waals surface area contributed by atoms with Crippen molar-refractivity contribution in [2.24, 2.45) is 0 Å². The number of sulfonamides is 1. The Hall–Kier alpha value is -0.950. The van der Waals surface area contributed by atoms with Crippen LogP contribution >= 0.6 is 34.8 Å². The number of hydrogen-bond acceptors (Lipinski definition) is 3. The molecule has 1 aromatic heterocycles. The summed E-state index contributed by atoms with van der Waals surface area (Å²) in [4.78, 5) is 0.0830. The average molecular weight is 355 g/mol. The number of rotatable bonds is 3. The minimum atomic E-state index is -3.81. The van der Waals surface area contributed by atoms with Crippen LogP contribution < -0.4 is 4.72 Å². The van der Waals surface area contributed by atoms with Gasteiger partial charge in [0.05, 0.1) is 32.1 Å². The maximum absolute atomic E-state index is 12.3. The first kappa shape index (κ1) is 15.4. The lowest BCUT2D eigenvalue weighted by Gasteiger charge is -2.10. The van der Waals surface area contributed by atoms with E-state index in [0.717, 1.165) is 0 Å². The van der Waals surface area contributed by atoms with Gasteiger partial charge in [-0.1, -0.05) is 34.8 Å². The van der Waals surface area contributed by atoms with E-state index in [1.54, 1.807) is 13.8 Å².